The van der Waals surface area contributed by atoms with Crippen molar-refractivity contribution >= 4 is 11.6 Å². The zero-order valence-corrected chi connectivity index (χ0v) is 16.8. The third-order valence-electron chi connectivity index (χ3n) is 5.57. The second kappa shape index (κ2) is 7.59. The lowest BCUT2D eigenvalue weighted by Crippen LogP contribution is -2.42. The van der Waals surface area contributed by atoms with E-state index in [1.807, 2.05) is 83.8 Å². The average molecular weight is 394 g/mol. The topological polar surface area (TPSA) is 51.0 Å². The molecule has 1 atom stereocenters. The van der Waals surface area contributed by atoms with E-state index in [9.17, 15) is 4.79 Å². The molecule has 4 aromatic rings. The van der Waals surface area contributed by atoms with Crippen molar-refractivity contribution in [2.75, 3.05) is 4.90 Å². The van der Waals surface area contributed by atoms with Gasteiger partial charge in [0.05, 0.1) is 5.69 Å². The third kappa shape index (κ3) is 3.18. The third-order valence-corrected chi connectivity index (χ3v) is 5.57. The van der Waals surface area contributed by atoms with Crippen molar-refractivity contribution in [2.45, 2.75) is 25.8 Å². The van der Waals surface area contributed by atoms with E-state index in [2.05, 4.69) is 18.1 Å². The van der Waals surface area contributed by atoms with Gasteiger partial charge >= 0.3 is 0 Å². The maximum absolute atomic E-state index is 13.6. The maximum Gasteiger partial charge on any atom is 0.298 e. The molecule has 148 valence electrons. The monoisotopic (exact) mass is 394 g/mol. The molecule has 0 bridgehead atoms. The van der Waals surface area contributed by atoms with Gasteiger partial charge in [-0.15, -0.1) is 5.10 Å². The van der Waals surface area contributed by atoms with Crippen LogP contribution >= 0.6 is 0 Å². The lowest BCUT2D eigenvalue weighted by molar-refractivity contribution is 0.0965. The Morgan fingerprint density at radius 1 is 0.900 bits per heavy atom. The first-order valence-electron chi connectivity index (χ1n) is 10.2. The van der Waals surface area contributed by atoms with E-state index in [-0.39, 0.29) is 17.8 Å². The summed E-state index contributed by atoms with van der Waals surface area (Å²) < 4.78 is 1.75. The van der Waals surface area contributed by atoms with E-state index in [0.717, 1.165) is 29.8 Å². The van der Waals surface area contributed by atoms with Crippen LogP contribution < -0.4 is 4.90 Å². The summed E-state index contributed by atoms with van der Waals surface area (Å²) >= 11 is 0. The molecule has 1 aromatic heterocycles. The predicted octanol–water partition coefficient (Wildman–Crippen LogP) is 4.92. The van der Waals surface area contributed by atoms with Gasteiger partial charge in [0.15, 0.2) is 5.82 Å². The minimum absolute atomic E-state index is 0.0938. The summed E-state index contributed by atoms with van der Waals surface area (Å²) in [6.07, 6.45) is 1.90. The Labute approximate surface area is 175 Å². The Morgan fingerprint density at radius 2 is 1.57 bits per heavy atom. The molecule has 0 aliphatic carbocycles. The molecular weight excluding hydrogens is 372 g/mol. The van der Waals surface area contributed by atoms with Crippen LogP contribution in [-0.4, -0.2) is 26.7 Å². The summed E-state index contributed by atoms with van der Waals surface area (Å²) in [4.78, 5) is 20.1. The van der Waals surface area contributed by atoms with Crippen LogP contribution in [0.3, 0.4) is 0 Å². The standard InChI is InChI=1S/C25H22N4O/c1-18-16-17-19-10-8-9-15-22(19)28(18)25(30)23-26-24(20-11-4-2-5-12-20)29(27-23)21-13-6-3-7-14-21/h2-15,18H,16-17H2,1H3. The Kier molecular flexibility index (Phi) is 4.64. The molecule has 0 saturated carbocycles. The average Bonchev–Trinajstić information content (AvgIpc) is 3.25. The second-order valence-corrected chi connectivity index (χ2v) is 7.56. The molecule has 1 aliphatic rings. The van der Waals surface area contributed by atoms with Gasteiger partial charge in [-0.25, -0.2) is 9.67 Å². The summed E-state index contributed by atoms with van der Waals surface area (Å²) in [7, 11) is 0. The van der Waals surface area contributed by atoms with Crippen LogP contribution in [0.4, 0.5) is 5.69 Å². The number of fused-ring (bicyclic) bond motifs is 1. The Morgan fingerprint density at radius 3 is 2.33 bits per heavy atom. The van der Waals surface area contributed by atoms with Crippen LogP contribution in [0.5, 0.6) is 0 Å². The normalized spacial score (nSPS) is 15.6. The molecular formula is C25H22N4O. The molecule has 5 rings (SSSR count). The Bertz CT molecular complexity index is 1130. The number of nitrogens with zero attached hydrogens (tertiary/aromatic N) is 4. The predicted molar refractivity (Wildman–Crippen MR) is 118 cm³/mol. The summed E-state index contributed by atoms with van der Waals surface area (Å²) in [5, 5.41) is 4.65. The Hall–Kier alpha value is -3.73. The van der Waals surface area contributed by atoms with Crippen molar-refractivity contribution in [2.24, 2.45) is 0 Å². The zero-order valence-electron chi connectivity index (χ0n) is 16.8. The summed E-state index contributed by atoms with van der Waals surface area (Å²) in [5.74, 6) is 0.700. The summed E-state index contributed by atoms with van der Waals surface area (Å²) in [5.41, 5.74) is 3.93. The number of amides is 1. The fourth-order valence-electron chi connectivity index (χ4n) is 4.03. The first-order valence-corrected chi connectivity index (χ1v) is 10.2. The van der Waals surface area contributed by atoms with Gasteiger partial charge in [0.1, 0.15) is 0 Å². The minimum Gasteiger partial charge on any atom is -0.303 e. The molecule has 0 N–H and O–H groups in total. The van der Waals surface area contributed by atoms with E-state index in [0.29, 0.717) is 5.82 Å². The van der Waals surface area contributed by atoms with Crippen molar-refractivity contribution in [1.82, 2.24) is 14.8 Å². The molecule has 1 unspecified atom stereocenters. The lowest BCUT2D eigenvalue weighted by Gasteiger charge is -2.34. The van der Waals surface area contributed by atoms with Gasteiger partial charge < -0.3 is 4.90 Å². The highest BCUT2D eigenvalue weighted by atomic mass is 16.2. The zero-order chi connectivity index (χ0) is 20.5. The van der Waals surface area contributed by atoms with Crippen LogP contribution in [-0.2, 0) is 6.42 Å². The molecule has 0 saturated heterocycles. The SMILES string of the molecule is CC1CCc2ccccc2N1C(=O)c1nc(-c2ccccc2)n(-c2ccccc2)n1. The molecule has 1 amide bonds. The van der Waals surface area contributed by atoms with Crippen LogP contribution in [0.25, 0.3) is 17.1 Å². The van der Waals surface area contributed by atoms with E-state index in [1.54, 1.807) is 4.68 Å². The number of benzene rings is 3. The summed E-state index contributed by atoms with van der Waals surface area (Å²) in [6, 6.07) is 27.8. The second-order valence-electron chi connectivity index (χ2n) is 7.56. The number of hydrogen-bond acceptors (Lipinski definition) is 3. The van der Waals surface area contributed by atoms with Gasteiger partial charge in [-0.1, -0.05) is 66.7 Å². The summed E-state index contributed by atoms with van der Waals surface area (Å²) in [6.45, 7) is 2.08. The lowest BCUT2D eigenvalue weighted by atomic mass is 9.96. The van der Waals surface area contributed by atoms with Gasteiger partial charge in [-0.05, 0) is 43.5 Å². The van der Waals surface area contributed by atoms with Crippen molar-refractivity contribution in [3.05, 3.63) is 96.3 Å². The number of hydrogen-bond donors (Lipinski definition) is 0. The molecule has 0 spiro atoms. The number of para-hydroxylation sites is 2. The van der Waals surface area contributed by atoms with Crippen LogP contribution in [0.1, 0.15) is 29.5 Å². The highest BCUT2D eigenvalue weighted by molar-refractivity contribution is 6.05. The van der Waals surface area contributed by atoms with Gasteiger partial charge in [0.25, 0.3) is 5.91 Å². The fourth-order valence-corrected chi connectivity index (χ4v) is 4.03. The molecule has 0 fully saturated rings. The minimum atomic E-state index is -0.165. The molecule has 0 radical (unpaired) electrons. The van der Waals surface area contributed by atoms with Crippen molar-refractivity contribution in [3.8, 4) is 17.1 Å². The van der Waals surface area contributed by atoms with E-state index in [1.165, 1.54) is 5.56 Å². The van der Waals surface area contributed by atoms with Gasteiger partial charge in [0.2, 0.25) is 5.82 Å². The van der Waals surface area contributed by atoms with E-state index in [4.69, 9.17) is 4.98 Å². The van der Waals surface area contributed by atoms with Crippen molar-refractivity contribution < 1.29 is 4.79 Å². The van der Waals surface area contributed by atoms with Gasteiger partial charge in [0, 0.05) is 17.3 Å². The maximum atomic E-state index is 13.6. The highest BCUT2D eigenvalue weighted by Crippen LogP contribution is 2.32. The number of carbonyl (C=O) groups excluding carboxylic acids is 1. The van der Waals surface area contributed by atoms with Crippen molar-refractivity contribution in [3.63, 3.8) is 0 Å². The number of rotatable bonds is 3. The number of carbonyl (C=O) groups is 1. The van der Waals surface area contributed by atoms with Crippen molar-refractivity contribution in [1.29, 1.82) is 0 Å². The molecule has 2 heterocycles. The largest absolute Gasteiger partial charge is 0.303 e. The molecule has 5 heteroatoms. The number of aromatic nitrogens is 3. The van der Waals surface area contributed by atoms with Crippen LogP contribution in [0.2, 0.25) is 0 Å². The van der Waals surface area contributed by atoms with Gasteiger partial charge in [-0.2, -0.15) is 0 Å². The molecule has 30 heavy (non-hydrogen) atoms. The van der Waals surface area contributed by atoms with Crippen LogP contribution in [0.15, 0.2) is 84.9 Å². The first-order chi connectivity index (χ1) is 14.7. The smallest absolute Gasteiger partial charge is 0.298 e. The molecule has 5 nitrogen and oxygen atoms in total. The molecule has 3 aromatic carbocycles. The first kappa shape index (κ1) is 18.3. The fraction of sp³-hybridized carbons (Fsp3) is 0.160. The highest BCUT2D eigenvalue weighted by Gasteiger charge is 2.31. The molecule has 1 aliphatic heterocycles. The van der Waals surface area contributed by atoms with Gasteiger partial charge in [-0.3, -0.25) is 4.79 Å². The number of anilines is 1. The van der Waals surface area contributed by atoms with E-state index >= 15 is 0 Å². The quantitative estimate of drug-likeness (QED) is 0.496. The van der Waals surface area contributed by atoms with Crippen LogP contribution in [0, 0.1) is 0 Å². The Balaban J connectivity index is 1.62. The number of aryl methyl sites for hydroxylation is 1. The van der Waals surface area contributed by atoms with E-state index < -0.39 is 0 Å².